The largest absolute Gasteiger partial charge is 0.435 e. The van der Waals surface area contributed by atoms with Crippen LogP contribution in [0.3, 0.4) is 0 Å². The van der Waals surface area contributed by atoms with Crippen LogP contribution in [0.5, 0.6) is 0 Å². The number of carbonyl (C=O) groups is 1. The van der Waals surface area contributed by atoms with Crippen molar-refractivity contribution in [3.05, 3.63) is 66.1 Å². The van der Waals surface area contributed by atoms with Crippen molar-refractivity contribution in [3.63, 3.8) is 0 Å². The van der Waals surface area contributed by atoms with Gasteiger partial charge in [0, 0.05) is 24.2 Å². The number of benzene rings is 2. The summed E-state index contributed by atoms with van der Waals surface area (Å²) in [6.45, 7) is 1.22. The van der Waals surface area contributed by atoms with Crippen LogP contribution >= 0.6 is 0 Å². The number of nitrogens with one attached hydrogen (secondary N) is 1. The highest BCUT2D eigenvalue weighted by molar-refractivity contribution is 5.98. The summed E-state index contributed by atoms with van der Waals surface area (Å²) in [7, 11) is 3.87. The van der Waals surface area contributed by atoms with Gasteiger partial charge in [0.15, 0.2) is 11.5 Å². The van der Waals surface area contributed by atoms with Crippen LogP contribution < -0.4 is 5.32 Å². The second kappa shape index (κ2) is 7.93. The summed E-state index contributed by atoms with van der Waals surface area (Å²) in [5, 5.41) is 2.85. The number of likely N-dealkylation sites (N-methyl/N-ethyl adjacent to an activating group) is 1. The molecule has 26 heavy (non-hydrogen) atoms. The van der Waals surface area contributed by atoms with Crippen molar-refractivity contribution in [1.82, 2.24) is 15.2 Å². The Hall–Kier alpha value is -2.99. The van der Waals surface area contributed by atoms with Crippen LogP contribution in [0.25, 0.3) is 22.8 Å². The molecule has 0 unspecified atom stereocenters. The molecule has 1 N–H and O–H groups in total. The lowest BCUT2D eigenvalue weighted by atomic mass is 10.1. The molecule has 6 heteroatoms. The van der Waals surface area contributed by atoms with E-state index < -0.39 is 0 Å². The molecule has 0 aliphatic heterocycles. The molecule has 0 aliphatic rings. The van der Waals surface area contributed by atoms with Gasteiger partial charge in [0.2, 0.25) is 5.89 Å². The van der Waals surface area contributed by atoms with E-state index in [1.165, 1.54) is 12.1 Å². The zero-order chi connectivity index (χ0) is 18.5. The molecule has 134 valence electrons. The van der Waals surface area contributed by atoms with Crippen LogP contribution in [-0.4, -0.2) is 43.0 Å². The number of rotatable bonds is 6. The molecule has 0 atom stereocenters. The standard InChI is InChI=1S/C20H20FN3O2/c1-24(2)13-12-22-19(25)17-18(14-6-4-3-5-7-14)26-20(23-17)15-8-10-16(21)11-9-15/h3-11H,12-13H2,1-2H3,(H,22,25). The first-order chi connectivity index (χ1) is 12.5. The van der Waals surface area contributed by atoms with E-state index in [1.807, 2.05) is 49.3 Å². The lowest BCUT2D eigenvalue weighted by Crippen LogP contribution is -2.31. The zero-order valence-electron chi connectivity index (χ0n) is 14.7. The Morgan fingerprint density at radius 3 is 2.42 bits per heavy atom. The summed E-state index contributed by atoms with van der Waals surface area (Å²) in [4.78, 5) is 19.0. The highest BCUT2D eigenvalue weighted by atomic mass is 19.1. The maximum Gasteiger partial charge on any atom is 0.273 e. The molecule has 0 saturated carbocycles. The quantitative estimate of drug-likeness (QED) is 0.737. The maximum absolute atomic E-state index is 13.2. The van der Waals surface area contributed by atoms with Crippen molar-refractivity contribution < 1.29 is 13.6 Å². The van der Waals surface area contributed by atoms with E-state index in [2.05, 4.69) is 10.3 Å². The van der Waals surface area contributed by atoms with Crippen LogP contribution in [-0.2, 0) is 0 Å². The Morgan fingerprint density at radius 1 is 1.08 bits per heavy atom. The van der Waals surface area contributed by atoms with Crippen molar-refractivity contribution in [2.75, 3.05) is 27.2 Å². The van der Waals surface area contributed by atoms with Crippen LogP contribution in [0.4, 0.5) is 4.39 Å². The molecule has 3 rings (SSSR count). The fraction of sp³-hybridized carbons (Fsp3) is 0.200. The molecular weight excluding hydrogens is 333 g/mol. The minimum atomic E-state index is -0.342. The average Bonchev–Trinajstić information content (AvgIpc) is 3.08. The van der Waals surface area contributed by atoms with Gasteiger partial charge in [-0.05, 0) is 38.4 Å². The minimum absolute atomic E-state index is 0.217. The number of hydrogen-bond acceptors (Lipinski definition) is 4. The van der Waals surface area contributed by atoms with Gasteiger partial charge in [0.1, 0.15) is 5.82 Å². The van der Waals surface area contributed by atoms with Gasteiger partial charge in [-0.25, -0.2) is 9.37 Å². The highest BCUT2D eigenvalue weighted by Crippen LogP contribution is 2.29. The predicted molar refractivity (Wildman–Crippen MR) is 98.2 cm³/mol. The third kappa shape index (κ3) is 4.15. The van der Waals surface area contributed by atoms with E-state index in [9.17, 15) is 9.18 Å². The molecule has 0 aliphatic carbocycles. The Labute approximate surface area is 151 Å². The maximum atomic E-state index is 13.2. The van der Waals surface area contributed by atoms with Crippen molar-refractivity contribution >= 4 is 5.91 Å². The molecule has 5 nitrogen and oxygen atoms in total. The van der Waals surface area contributed by atoms with Gasteiger partial charge in [-0.15, -0.1) is 0 Å². The number of hydrogen-bond donors (Lipinski definition) is 1. The van der Waals surface area contributed by atoms with E-state index in [0.29, 0.717) is 17.9 Å². The number of aromatic nitrogens is 1. The van der Waals surface area contributed by atoms with E-state index >= 15 is 0 Å². The summed E-state index contributed by atoms with van der Waals surface area (Å²) in [6, 6.07) is 15.1. The third-order valence-corrected chi connectivity index (χ3v) is 3.81. The summed E-state index contributed by atoms with van der Waals surface area (Å²) >= 11 is 0. The molecule has 0 saturated heterocycles. The van der Waals surface area contributed by atoms with E-state index in [1.54, 1.807) is 12.1 Å². The molecule has 1 heterocycles. The third-order valence-electron chi connectivity index (χ3n) is 3.81. The molecular formula is C20H20FN3O2. The lowest BCUT2D eigenvalue weighted by Gasteiger charge is -2.09. The number of oxazole rings is 1. The highest BCUT2D eigenvalue weighted by Gasteiger charge is 2.22. The molecule has 2 aromatic carbocycles. The summed E-state index contributed by atoms with van der Waals surface area (Å²) in [6.07, 6.45) is 0. The molecule has 0 bridgehead atoms. The van der Waals surface area contributed by atoms with Crippen molar-refractivity contribution in [2.24, 2.45) is 0 Å². The fourth-order valence-corrected chi connectivity index (χ4v) is 2.45. The van der Waals surface area contributed by atoms with Gasteiger partial charge in [0.25, 0.3) is 5.91 Å². The van der Waals surface area contributed by atoms with Crippen molar-refractivity contribution in [1.29, 1.82) is 0 Å². The summed E-state index contributed by atoms with van der Waals surface area (Å²) in [5.74, 6) is 0.0296. The summed E-state index contributed by atoms with van der Waals surface area (Å²) in [5.41, 5.74) is 1.58. The molecule has 0 radical (unpaired) electrons. The second-order valence-electron chi connectivity index (χ2n) is 6.13. The smallest absolute Gasteiger partial charge is 0.273 e. The first-order valence-electron chi connectivity index (χ1n) is 8.29. The predicted octanol–water partition coefficient (Wildman–Crippen LogP) is 3.44. The van der Waals surface area contributed by atoms with Gasteiger partial charge in [-0.1, -0.05) is 30.3 Å². The SMILES string of the molecule is CN(C)CCNC(=O)c1nc(-c2ccc(F)cc2)oc1-c1ccccc1. The van der Waals surface area contributed by atoms with E-state index in [0.717, 1.165) is 12.1 Å². The first-order valence-corrected chi connectivity index (χ1v) is 8.29. The number of amides is 1. The average molecular weight is 353 g/mol. The van der Waals surface area contributed by atoms with Crippen molar-refractivity contribution in [2.45, 2.75) is 0 Å². The van der Waals surface area contributed by atoms with Gasteiger partial charge in [-0.3, -0.25) is 4.79 Å². The van der Waals surface area contributed by atoms with Crippen LogP contribution in [0.15, 0.2) is 59.0 Å². The van der Waals surface area contributed by atoms with Crippen LogP contribution in [0.2, 0.25) is 0 Å². The zero-order valence-corrected chi connectivity index (χ0v) is 14.7. The Morgan fingerprint density at radius 2 is 1.77 bits per heavy atom. The monoisotopic (exact) mass is 353 g/mol. The molecule has 3 aromatic rings. The number of carbonyl (C=O) groups excluding carboxylic acids is 1. The van der Waals surface area contributed by atoms with Gasteiger partial charge < -0.3 is 14.6 Å². The molecule has 1 amide bonds. The Bertz CT molecular complexity index is 874. The Kier molecular flexibility index (Phi) is 5.43. The van der Waals surface area contributed by atoms with Crippen LogP contribution in [0.1, 0.15) is 10.5 Å². The lowest BCUT2D eigenvalue weighted by molar-refractivity contribution is 0.0947. The van der Waals surface area contributed by atoms with Gasteiger partial charge in [0.05, 0.1) is 0 Å². The van der Waals surface area contributed by atoms with Crippen LogP contribution in [0, 0.1) is 5.82 Å². The van der Waals surface area contributed by atoms with Gasteiger partial charge in [-0.2, -0.15) is 0 Å². The first kappa shape index (κ1) is 17.8. The molecule has 0 spiro atoms. The minimum Gasteiger partial charge on any atom is -0.435 e. The van der Waals surface area contributed by atoms with E-state index in [-0.39, 0.29) is 23.3 Å². The molecule has 1 aromatic heterocycles. The van der Waals surface area contributed by atoms with Crippen molar-refractivity contribution in [3.8, 4) is 22.8 Å². The van der Waals surface area contributed by atoms with E-state index in [4.69, 9.17) is 4.42 Å². The number of nitrogens with zero attached hydrogens (tertiary/aromatic N) is 2. The topological polar surface area (TPSA) is 58.4 Å². The fourth-order valence-electron chi connectivity index (χ4n) is 2.45. The summed E-state index contributed by atoms with van der Waals surface area (Å²) < 4.78 is 19.0. The van der Waals surface area contributed by atoms with Gasteiger partial charge >= 0.3 is 0 Å². The normalized spacial score (nSPS) is 10.9. The Balaban J connectivity index is 1.95. The molecule has 0 fully saturated rings. The second-order valence-corrected chi connectivity index (χ2v) is 6.13. The number of halogens is 1.